The molecule has 0 bridgehead atoms. The molecular formula is C22H20N4O7. The first kappa shape index (κ1) is 22.9. The second-order valence-electron chi connectivity index (χ2n) is 6.36. The number of amides is 2. The zero-order chi connectivity index (χ0) is 23.8. The third kappa shape index (κ3) is 5.47. The van der Waals surface area contributed by atoms with E-state index in [9.17, 15) is 19.8 Å². The Hall–Kier alpha value is -4.80. The molecule has 0 radical (unpaired) electrons. The fourth-order valence-electron chi connectivity index (χ4n) is 2.63. The molecule has 3 rings (SSSR count). The van der Waals surface area contributed by atoms with E-state index in [0.717, 1.165) is 0 Å². The quantitative estimate of drug-likeness (QED) is 0.302. The normalized spacial score (nSPS) is 11.0. The van der Waals surface area contributed by atoms with Gasteiger partial charge >= 0.3 is 11.8 Å². The lowest BCUT2D eigenvalue weighted by Crippen LogP contribution is -2.18. The van der Waals surface area contributed by atoms with Gasteiger partial charge in [0.2, 0.25) is 0 Å². The Labute approximate surface area is 187 Å². The number of hydrogen-bond acceptors (Lipinski definition) is 9. The molecule has 0 aliphatic rings. The van der Waals surface area contributed by atoms with Gasteiger partial charge in [0.1, 0.15) is 0 Å². The van der Waals surface area contributed by atoms with Crippen LogP contribution in [0.4, 0.5) is 0 Å². The minimum Gasteiger partial charge on any atom is -0.504 e. The Morgan fingerprint density at radius 1 is 0.788 bits per heavy atom. The van der Waals surface area contributed by atoms with E-state index in [-0.39, 0.29) is 34.5 Å². The van der Waals surface area contributed by atoms with Gasteiger partial charge < -0.3 is 24.1 Å². The number of aromatic hydroxyl groups is 2. The molecule has 3 aromatic rings. The van der Waals surface area contributed by atoms with Crippen molar-refractivity contribution in [3.8, 4) is 23.0 Å². The van der Waals surface area contributed by atoms with Gasteiger partial charge in [-0.1, -0.05) is 12.1 Å². The molecule has 1 aromatic heterocycles. The maximum Gasteiger partial charge on any atom is 0.307 e. The van der Waals surface area contributed by atoms with Crippen molar-refractivity contribution in [1.29, 1.82) is 0 Å². The van der Waals surface area contributed by atoms with Crippen LogP contribution in [-0.4, -0.2) is 48.7 Å². The summed E-state index contributed by atoms with van der Waals surface area (Å²) in [6, 6.07) is 12.2. The van der Waals surface area contributed by atoms with E-state index in [1.807, 2.05) is 0 Å². The van der Waals surface area contributed by atoms with E-state index in [0.29, 0.717) is 11.1 Å². The molecule has 2 aromatic carbocycles. The number of benzene rings is 2. The lowest BCUT2D eigenvalue weighted by Gasteiger charge is -2.04. The molecule has 0 saturated carbocycles. The fraction of sp³-hybridized carbons (Fsp3) is 0.0909. The lowest BCUT2D eigenvalue weighted by atomic mass is 10.2. The molecule has 2 amide bonds. The Morgan fingerprint density at radius 2 is 1.21 bits per heavy atom. The summed E-state index contributed by atoms with van der Waals surface area (Å²) < 4.78 is 15.2. The van der Waals surface area contributed by atoms with Crippen molar-refractivity contribution in [3.05, 3.63) is 71.2 Å². The number of nitrogens with zero attached hydrogens (tertiary/aromatic N) is 2. The van der Waals surface area contributed by atoms with Crippen LogP contribution < -0.4 is 20.3 Å². The molecule has 4 N–H and O–H groups in total. The Morgan fingerprint density at radius 3 is 1.61 bits per heavy atom. The van der Waals surface area contributed by atoms with E-state index < -0.39 is 11.8 Å². The smallest absolute Gasteiger partial charge is 0.307 e. The van der Waals surface area contributed by atoms with Gasteiger partial charge in [-0.05, 0) is 36.4 Å². The van der Waals surface area contributed by atoms with E-state index in [1.54, 1.807) is 36.4 Å². The van der Waals surface area contributed by atoms with Crippen molar-refractivity contribution >= 4 is 24.2 Å². The number of carbonyl (C=O) groups is 2. The molecule has 11 nitrogen and oxygen atoms in total. The van der Waals surface area contributed by atoms with E-state index in [4.69, 9.17) is 13.9 Å². The molecule has 0 fully saturated rings. The zero-order valence-corrected chi connectivity index (χ0v) is 17.6. The second-order valence-corrected chi connectivity index (χ2v) is 6.36. The topological polar surface area (TPSA) is 155 Å². The third-order valence-electron chi connectivity index (χ3n) is 4.29. The first-order chi connectivity index (χ1) is 15.9. The number of ether oxygens (including phenoxy) is 2. The molecule has 0 aliphatic carbocycles. The maximum absolute atomic E-state index is 12.2. The van der Waals surface area contributed by atoms with Gasteiger partial charge in [-0.15, -0.1) is 0 Å². The SMILES string of the molecule is COc1cccc(C=NNC(=O)c2ccc(C(=O)NN=Cc3cccc(OC)c3O)o2)c1O. The monoisotopic (exact) mass is 452 g/mol. The van der Waals surface area contributed by atoms with Crippen molar-refractivity contribution < 1.29 is 33.7 Å². The highest BCUT2D eigenvalue weighted by atomic mass is 16.5. The Kier molecular flexibility index (Phi) is 7.27. The minimum atomic E-state index is -0.711. The Bertz CT molecular complexity index is 1130. The van der Waals surface area contributed by atoms with E-state index >= 15 is 0 Å². The summed E-state index contributed by atoms with van der Waals surface area (Å²) in [4.78, 5) is 24.3. The van der Waals surface area contributed by atoms with Crippen LogP contribution in [0.15, 0.2) is 63.2 Å². The molecule has 0 saturated heterocycles. The van der Waals surface area contributed by atoms with Gasteiger partial charge in [-0.25, -0.2) is 10.9 Å². The maximum atomic E-state index is 12.2. The average molecular weight is 452 g/mol. The summed E-state index contributed by atoms with van der Waals surface area (Å²) in [7, 11) is 2.83. The van der Waals surface area contributed by atoms with Crippen LogP contribution in [0.3, 0.4) is 0 Å². The number of nitrogens with one attached hydrogen (secondary N) is 2. The van der Waals surface area contributed by atoms with Crippen LogP contribution in [0.25, 0.3) is 0 Å². The fourth-order valence-corrected chi connectivity index (χ4v) is 2.63. The van der Waals surface area contributed by atoms with E-state index in [2.05, 4.69) is 21.1 Å². The molecule has 33 heavy (non-hydrogen) atoms. The first-order valence-corrected chi connectivity index (χ1v) is 9.43. The molecule has 170 valence electrons. The van der Waals surface area contributed by atoms with Gasteiger partial charge in [-0.2, -0.15) is 10.2 Å². The predicted molar refractivity (Wildman–Crippen MR) is 118 cm³/mol. The number of phenols is 2. The van der Waals surface area contributed by atoms with Crippen molar-refractivity contribution in [2.24, 2.45) is 10.2 Å². The minimum absolute atomic E-state index is 0.127. The number of carbonyl (C=O) groups excluding carboxylic acids is 2. The van der Waals surface area contributed by atoms with Crippen LogP contribution in [0.1, 0.15) is 32.2 Å². The van der Waals surface area contributed by atoms with Gasteiger partial charge in [0.25, 0.3) is 0 Å². The second kappa shape index (κ2) is 10.5. The van der Waals surface area contributed by atoms with E-state index in [1.165, 1.54) is 38.8 Å². The van der Waals surface area contributed by atoms with Crippen molar-refractivity contribution in [1.82, 2.24) is 10.9 Å². The van der Waals surface area contributed by atoms with Gasteiger partial charge in [-0.3, -0.25) is 9.59 Å². The molecule has 0 unspecified atom stereocenters. The van der Waals surface area contributed by atoms with Crippen LogP contribution in [-0.2, 0) is 0 Å². The highest BCUT2D eigenvalue weighted by molar-refractivity contribution is 5.96. The number of hydrogen-bond donors (Lipinski definition) is 4. The summed E-state index contributed by atoms with van der Waals surface area (Å²) in [6.07, 6.45) is 2.46. The number of rotatable bonds is 8. The molecule has 1 heterocycles. The molecule has 0 atom stereocenters. The van der Waals surface area contributed by atoms with Crippen molar-refractivity contribution in [2.75, 3.05) is 14.2 Å². The van der Waals surface area contributed by atoms with Gasteiger partial charge in [0.15, 0.2) is 34.5 Å². The van der Waals surface area contributed by atoms with Crippen LogP contribution in [0.2, 0.25) is 0 Å². The summed E-state index contributed by atoms with van der Waals surface area (Å²) >= 11 is 0. The number of phenolic OH excluding ortho intramolecular Hbond substituents is 2. The largest absolute Gasteiger partial charge is 0.504 e. The zero-order valence-electron chi connectivity index (χ0n) is 17.6. The average Bonchev–Trinajstić information content (AvgIpc) is 3.32. The molecular weight excluding hydrogens is 432 g/mol. The number of para-hydroxylation sites is 2. The molecule has 0 aliphatic heterocycles. The number of methoxy groups -OCH3 is 2. The van der Waals surface area contributed by atoms with Crippen molar-refractivity contribution in [2.45, 2.75) is 0 Å². The van der Waals surface area contributed by atoms with Crippen molar-refractivity contribution in [3.63, 3.8) is 0 Å². The summed E-state index contributed by atoms with van der Waals surface area (Å²) in [5, 5.41) is 27.5. The summed E-state index contributed by atoms with van der Waals surface area (Å²) in [6.45, 7) is 0. The van der Waals surface area contributed by atoms with Gasteiger partial charge in [0, 0.05) is 11.1 Å². The highest BCUT2D eigenvalue weighted by Gasteiger charge is 2.15. The number of hydrazone groups is 2. The van der Waals surface area contributed by atoms with Crippen LogP contribution >= 0.6 is 0 Å². The lowest BCUT2D eigenvalue weighted by molar-refractivity contribution is 0.0902. The molecule has 11 heteroatoms. The predicted octanol–water partition coefficient (Wildman–Crippen LogP) is 2.24. The van der Waals surface area contributed by atoms with Gasteiger partial charge in [0.05, 0.1) is 26.6 Å². The van der Waals surface area contributed by atoms with Crippen LogP contribution in [0, 0.1) is 0 Å². The highest BCUT2D eigenvalue weighted by Crippen LogP contribution is 2.28. The summed E-state index contributed by atoms with van der Waals surface area (Å²) in [5.41, 5.74) is 5.12. The summed E-state index contributed by atoms with van der Waals surface area (Å²) in [5.74, 6) is -1.49. The molecule has 0 spiro atoms. The first-order valence-electron chi connectivity index (χ1n) is 9.43. The number of furan rings is 1. The van der Waals surface area contributed by atoms with Crippen LogP contribution in [0.5, 0.6) is 23.0 Å². The standard InChI is InChI=1S/C22H20N4O7/c1-31-15-7-3-5-13(19(15)27)11-23-25-21(29)17-9-10-18(33-17)22(30)26-24-12-14-6-4-8-16(32-2)20(14)28/h3-12,27-28H,1-2H3,(H,25,29)(H,26,30). The Balaban J connectivity index is 1.59. The third-order valence-corrected chi connectivity index (χ3v) is 4.29.